The molecule has 1 aliphatic rings. The number of ether oxygens (including phenoxy) is 1. The predicted molar refractivity (Wildman–Crippen MR) is 66.3 cm³/mol. The minimum Gasteiger partial charge on any atom is -0.457 e. The summed E-state index contributed by atoms with van der Waals surface area (Å²) >= 11 is 6.08. The van der Waals surface area contributed by atoms with E-state index in [1.165, 1.54) is 6.08 Å². The fraction of sp³-hybridized carbons (Fsp3) is 0.615. The first-order valence-corrected chi connectivity index (χ1v) is 6.05. The molecule has 0 N–H and O–H groups in total. The summed E-state index contributed by atoms with van der Waals surface area (Å²) in [6, 6.07) is 0. The molecule has 0 heterocycles. The van der Waals surface area contributed by atoms with Gasteiger partial charge in [-0.15, -0.1) is 0 Å². The molecule has 0 saturated carbocycles. The number of carbonyl (C=O) groups excluding carboxylic acids is 1. The van der Waals surface area contributed by atoms with Crippen molar-refractivity contribution in [2.24, 2.45) is 0 Å². The molecular weight excluding hydrogens is 224 g/mol. The average molecular weight is 243 g/mol. The molecule has 0 aliphatic heterocycles. The molecule has 0 atom stereocenters. The van der Waals surface area contributed by atoms with Gasteiger partial charge in [0.15, 0.2) is 0 Å². The van der Waals surface area contributed by atoms with Gasteiger partial charge in [0, 0.05) is 11.1 Å². The Balaban J connectivity index is 2.56. The Bertz CT molecular complexity index is 321. The molecule has 16 heavy (non-hydrogen) atoms. The number of allylic oxidation sites excluding steroid dienone is 3. The van der Waals surface area contributed by atoms with Crippen LogP contribution >= 0.6 is 11.6 Å². The number of halogens is 1. The van der Waals surface area contributed by atoms with Gasteiger partial charge >= 0.3 is 5.97 Å². The molecule has 0 saturated heterocycles. The van der Waals surface area contributed by atoms with Crippen molar-refractivity contribution in [3.05, 3.63) is 22.8 Å². The lowest BCUT2D eigenvalue weighted by molar-refractivity contribution is -0.148. The normalized spacial score (nSPS) is 18.0. The number of hydrogen-bond donors (Lipinski definition) is 0. The highest BCUT2D eigenvalue weighted by molar-refractivity contribution is 6.30. The smallest absolute Gasteiger partial charge is 0.331 e. The van der Waals surface area contributed by atoms with Crippen molar-refractivity contribution in [2.75, 3.05) is 0 Å². The molecule has 0 aromatic carbocycles. The fourth-order valence-corrected chi connectivity index (χ4v) is 1.86. The van der Waals surface area contributed by atoms with Gasteiger partial charge < -0.3 is 4.74 Å². The number of hydrogen-bond acceptors (Lipinski definition) is 2. The number of carbonyl (C=O) groups is 1. The van der Waals surface area contributed by atoms with E-state index in [9.17, 15) is 4.79 Å². The molecule has 0 amide bonds. The zero-order chi connectivity index (χ0) is 12.2. The molecule has 0 aromatic heterocycles. The molecule has 0 radical (unpaired) electrons. The predicted octanol–water partition coefficient (Wildman–Crippen LogP) is 3.95. The molecule has 0 spiro atoms. The van der Waals surface area contributed by atoms with Crippen LogP contribution in [0.2, 0.25) is 0 Å². The van der Waals surface area contributed by atoms with E-state index in [-0.39, 0.29) is 5.97 Å². The van der Waals surface area contributed by atoms with Crippen molar-refractivity contribution in [1.82, 2.24) is 0 Å². The summed E-state index contributed by atoms with van der Waals surface area (Å²) in [5.41, 5.74) is 0.630. The highest BCUT2D eigenvalue weighted by Crippen LogP contribution is 2.28. The van der Waals surface area contributed by atoms with E-state index in [0.29, 0.717) is 0 Å². The molecule has 1 rings (SSSR count). The van der Waals surface area contributed by atoms with Crippen molar-refractivity contribution in [1.29, 1.82) is 0 Å². The largest absolute Gasteiger partial charge is 0.457 e. The van der Waals surface area contributed by atoms with E-state index < -0.39 is 5.60 Å². The lowest BCUT2D eigenvalue weighted by Crippen LogP contribution is -2.22. The minimum absolute atomic E-state index is 0.310. The van der Waals surface area contributed by atoms with Crippen molar-refractivity contribution < 1.29 is 9.53 Å². The second-order valence-corrected chi connectivity index (χ2v) is 5.46. The zero-order valence-electron chi connectivity index (χ0n) is 10.2. The molecule has 0 aromatic rings. The fourth-order valence-electron chi connectivity index (χ4n) is 1.57. The van der Waals surface area contributed by atoms with Crippen molar-refractivity contribution in [3.8, 4) is 0 Å². The maximum absolute atomic E-state index is 11.4. The van der Waals surface area contributed by atoms with Gasteiger partial charge in [-0.1, -0.05) is 17.7 Å². The van der Waals surface area contributed by atoms with Crippen LogP contribution in [0.1, 0.15) is 46.5 Å². The van der Waals surface area contributed by atoms with Crippen LogP contribution in [0, 0.1) is 0 Å². The lowest BCUT2D eigenvalue weighted by atomic mass is 9.99. The van der Waals surface area contributed by atoms with Crippen LogP contribution in [0.5, 0.6) is 0 Å². The van der Waals surface area contributed by atoms with Gasteiger partial charge in [-0.05, 0) is 52.0 Å². The Kier molecular flexibility index (Phi) is 4.60. The standard InChI is InChI=1S/C13H19ClO2/c1-13(2,3)16-12(15)9-8-10-6-4-5-7-11(10)14/h8-9H,4-7H2,1-3H3/b9-8+. The van der Waals surface area contributed by atoms with Crippen LogP contribution in [0.25, 0.3) is 0 Å². The summed E-state index contributed by atoms with van der Waals surface area (Å²) < 4.78 is 5.17. The van der Waals surface area contributed by atoms with E-state index in [4.69, 9.17) is 16.3 Å². The van der Waals surface area contributed by atoms with Crippen LogP contribution in [0.4, 0.5) is 0 Å². The summed E-state index contributed by atoms with van der Waals surface area (Å²) in [5, 5.41) is 0.881. The van der Waals surface area contributed by atoms with E-state index >= 15 is 0 Å². The zero-order valence-corrected chi connectivity index (χ0v) is 10.9. The summed E-state index contributed by atoms with van der Waals surface area (Å²) in [5.74, 6) is -0.310. The third-order valence-electron chi connectivity index (χ3n) is 2.27. The molecule has 1 aliphatic carbocycles. The van der Waals surface area contributed by atoms with Gasteiger partial charge in [0.1, 0.15) is 5.60 Å². The maximum Gasteiger partial charge on any atom is 0.331 e. The van der Waals surface area contributed by atoms with Gasteiger partial charge in [-0.25, -0.2) is 4.79 Å². The van der Waals surface area contributed by atoms with Crippen LogP contribution in [-0.4, -0.2) is 11.6 Å². The minimum atomic E-state index is -0.438. The third-order valence-corrected chi connectivity index (χ3v) is 2.70. The van der Waals surface area contributed by atoms with E-state index in [1.807, 2.05) is 20.8 Å². The van der Waals surface area contributed by atoms with Gasteiger partial charge in [0.25, 0.3) is 0 Å². The first-order valence-electron chi connectivity index (χ1n) is 5.67. The quantitative estimate of drug-likeness (QED) is 0.541. The Morgan fingerprint density at radius 2 is 1.94 bits per heavy atom. The molecule has 3 heteroatoms. The van der Waals surface area contributed by atoms with Crippen LogP contribution < -0.4 is 0 Å². The molecule has 2 nitrogen and oxygen atoms in total. The maximum atomic E-state index is 11.4. The van der Waals surface area contributed by atoms with Crippen LogP contribution in [0.3, 0.4) is 0 Å². The highest BCUT2D eigenvalue weighted by atomic mass is 35.5. The summed E-state index contributed by atoms with van der Waals surface area (Å²) in [6.45, 7) is 5.56. The Hall–Kier alpha value is -0.760. The highest BCUT2D eigenvalue weighted by Gasteiger charge is 2.14. The van der Waals surface area contributed by atoms with Crippen LogP contribution in [0.15, 0.2) is 22.8 Å². The van der Waals surface area contributed by atoms with Gasteiger partial charge in [0.2, 0.25) is 0 Å². The Labute approximate surface area is 102 Å². The monoisotopic (exact) mass is 242 g/mol. The number of rotatable bonds is 2. The molecule has 0 bridgehead atoms. The van der Waals surface area contributed by atoms with Gasteiger partial charge in [-0.2, -0.15) is 0 Å². The first-order chi connectivity index (χ1) is 7.38. The molecular formula is C13H19ClO2. The number of esters is 1. The van der Waals surface area contributed by atoms with Gasteiger partial charge in [-0.3, -0.25) is 0 Å². The SMILES string of the molecule is CC(C)(C)OC(=O)/C=C/C1=C(Cl)CCCC1. The lowest BCUT2D eigenvalue weighted by Gasteiger charge is -2.18. The van der Waals surface area contributed by atoms with E-state index in [1.54, 1.807) is 6.08 Å². The third kappa shape index (κ3) is 4.84. The second-order valence-electron chi connectivity index (χ2n) is 5.00. The topological polar surface area (TPSA) is 26.3 Å². The van der Waals surface area contributed by atoms with Crippen LogP contribution in [-0.2, 0) is 9.53 Å². The van der Waals surface area contributed by atoms with Crippen molar-refractivity contribution >= 4 is 17.6 Å². The Morgan fingerprint density at radius 1 is 1.31 bits per heavy atom. The van der Waals surface area contributed by atoms with E-state index in [2.05, 4.69) is 0 Å². The molecule has 0 unspecified atom stereocenters. The van der Waals surface area contributed by atoms with E-state index in [0.717, 1.165) is 36.3 Å². The average Bonchev–Trinajstić information content (AvgIpc) is 2.14. The van der Waals surface area contributed by atoms with Crippen molar-refractivity contribution in [2.45, 2.75) is 52.1 Å². The second kappa shape index (κ2) is 5.53. The van der Waals surface area contributed by atoms with Crippen molar-refractivity contribution in [3.63, 3.8) is 0 Å². The molecule has 0 fully saturated rings. The summed E-state index contributed by atoms with van der Waals surface area (Å²) in [6.07, 6.45) is 7.42. The van der Waals surface area contributed by atoms with Gasteiger partial charge in [0.05, 0.1) is 0 Å². The Morgan fingerprint density at radius 3 is 2.50 bits per heavy atom. The first kappa shape index (κ1) is 13.3. The molecule has 90 valence electrons. The summed E-state index contributed by atoms with van der Waals surface area (Å²) in [7, 11) is 0. The summed E-state index contributed by atoms with van der Waals surface area (Å²) in [4.78, 5) is 11.4.